The third-order valence-corrected chi connectivity index (χ3v) is 5.42. The lowest BCUT2D eigenvalue weighted by atomic mass is 9.94. The van der Waals surface area contributed by atoms with Gasteiger partial charge in [-0.3, -0.25) is 4.90 Å². The predicted octanol–water partition coefficient (Wildman–Crippen LogP) is 4.14. The Balaban J connectivity index is 1.66. The van der Waals surface area contributed by atoms with E-state index in [1.54, 1.807) is 24.0 Å². The van der Waals surface area contributed by atoms with E-state index in [1.165, 1.54) is 0 Å². The molecular weight excluding hydrogens is 392 g/mol. The van der Waals surface area contributed by atoms with Crippen molar-refractivity contribution >= 4 is 5.97 Å². The molecule has 2 unspecified atom stereocenters. The van der Waals surface area contributed by atoms with Crippen LogP contribution < -0.4 is 0 Å². The third kappa shape index (κ3) is 5.41. The predicted molar refractivity (Wildman–Crippen MR) is 110 cm³/mol. The molecule has 0 aliphatic carbocycles. The molecule has 7 heteroatoms. The minimum absolute atomic E-state index is 0.0363. The number of carbonyl (C=O) groups is 1. The standard InChI is InChI=1S/C23H27F2NO4/c1-15-11-17(7-8-19(15)22(28)29)21-6-4-3-5-20(21)16(2)30-13-18(27)12-26-10-9-23(24,25)14-26/h3-8,11,16,18,27H,9-10,12-14H2,1-2H3,(H,28,29). The van der Waals surface area contributed by atoms with Crippen molar-refractivity contribution in [2.45, 2.75) is 38.4 Å². The Morgan fingerprint density at radius 3 is 2.63 bits per heavy atom. The van der Waals surface area contributed by atoms with Crippen molar-refractivity contribution in [1.29, 1.82) is 0 Å². The van der Waals surface area contributed by atoms with Crippen molar-refractivity contribution < 1.29 is 28.5 Å². The molecule has 0 aromatic heterocycles. The first kappa shape index (κ1) is 22.3. The van der Waals surface area contributed by atoms with Crippen LogP contribution in [-0.4, -0.2) is 59.3 Å². The van der Waals surface area contributed by atoms with Gasteiger partial charge in [0.15, 0.2) is 0 Å². The Labute approximate surface area is 174 Å². The van der Waals surface area contributed by atoms with Crippen LogP contribution in [0.15, 0.2) is 42.5 Å². The highest BCUT2D eigenvalue weighted by atomic mass is 19.3. The van der Waals surface area contributed by atoms with Gasteiger partial charge in [0, 0.05) is 19.5 Å². The molecule has 2 N–H and O–H groups in total. The van der Waals surface area contributed by atoms with Crippen LogP contribution in [0.1, 0.15) is 40.9 Å². The number of likely N-dealkylation sites (tertiary alicyclic amines) is 1. The van der Waals surface area contributed by atoms with Crippen LogP contribution in [0, 0.1) is 6.92 Å². The van der Waals surface area contributed by atoms with Gasteiger partial charge >= 0.3 is 5.97 Å². The van der Waals surface area contributed by atoms with Gasteiger partial charge < -0.3 is 14.9 Å². The Hall–Kier alpha value is -2.35. The Morgan fingerprint density at radius 1 is 1.27 bits per heavy atom. The van der Waals surface area contributed by atoms with E-state index in [-0.39, 0.29) is 44.3 Å². The molecule has 1 saturated heterocycles. The van der Waals surface area contributed by atoms with Crippen LogP contribution in [0.25, 0.3) is 11.1 Å². The maximum atomic E-state index is 13.3. The van der Waals surface area contributed by atoms with Gasteiger partial charge in [0.05, 0.1) is 30.9 Å². The molecule has 1 aliphatic heterocycles. The fourth-order valence-electron chi connectivity index (χ4n) is 3.84. The van der Waals surface area contributed by atoms with E-state index >= 15 is 0 Å². The van der Waals surface area contributed by atoms with E-state index in [0.717, 1.165) is 16.7 Å². The number of rotatable bonds is 8. The molecule has 2 aromatic carbocycles. The van der Waals surface area contributed by atoms with Gasteiger partial charge in [0.2, 0.25) is 0 Å². The van der Waals surface area contributed by atoms with Gasteiger partial charge in [-0.1, -0.05) is 36.4 Å². The monoisotopic (exact) mass is 419 g/mol. The summed E-state index contributed by atoms with van der Waals surface area (Å²) in [6, 6.07) is 12.8. The smallest absolute Gasteiger partial charge is 0.335 e. The van der Waals surface area contributed by atoms with Crippen LogP contribution in [0.3, 0.4) is 0 Å². The molecule has 1 heterocycles. The Kier molecular flexibility index (Phi) is 6.85. The maximum Gasteiger partial charge on any atom is 0.335 e. The number of halogens is 2. The van der Waals surface area contributed by atoms with Crippen molar-refractivity contribution in [3.8, 4) is 11.1 Å². The molecule has 3 rings (SSSR count). The summed E-state index contributed by atoms with van der Waals surface area (Å²) in [5, 5.41) is 19.4. The molecule has 0 spiro atoms. The van der Waals surface area contributed by atoms with Gasteiger partial charge in [-0.15, -0.1) is 0 Å². The van der Waals surface area contributed by atoms with E-state index in [0.29, 0.717) is 5.56 Å². The van der Waals surface area contributed by atoms with Gasteiger partial charge in [-0.25, -0.2) is 13.6 Å². The van der Waals surface area contributed by atoms with Gasteiger partial charge in [-0.05, 0) is 42.2 Å². The first-order chi connectivity index (χ1) is 14.2. The zero-order valence-electron chi connectivity index (χ0n) is 17.1. The van der Waals surface area contributed by atoms with Crippen molar-refractivity contribution in [2.24, 2.45) is 0 Å². The summed E-state index contributed by atoms with van der Waals surface area (Å²) < 4.78 is 32.4. The normalized spacial score (nSPS) is 18.3. The number of hydrogen-bond donors (Lipinski definition) is 2. The maximum absolute atomic E-state index is 13.3. The molecule has 30 heavy (non-hydrogen) atoms. The summed E-state index contributed by atoms with van der Waals surface area (Å²) in [6.45, 7) is 3.76. The first-order valence-corrected chi connectivity index (χ1v) is 9.99. The second-order valence-corrected chi connectivity index (χ2v) is 7.89. The Morgan fingerprint density at radius 2 is 2.00 bits per heavy atom. The number of aliphatic hydroxyl groups excluding tert-OH is 1. The molecular formula is C23H27F2NO4. The number of benzene rings is 2. The minimum Gasteiger partial charge on any atom is -0.478 e. The number of carboxylic acid groups (broad SMARTS) is 1. The summed E-state index contributed by atoms with van der Waals surface area (Å²) in [5.74, 6) is -3.64. The van der Waals surface area contributed by atoms with Crippen molar-refractivity contribution in [3.63, 3.8) is 0 Å². The number of β-amino-alcohol motifs (C(OH)–C–C–N with tert-alkyl or cyclic N) is 1. The highest BCUT2D eigenvalue weighted by molar-refractivity contribution is 5.90. The second-order valence-electron chi connectivity index (χ2n) is 7.89. The first-order valence-electron chi connectivity index (χ1n) is 9.99. The van der Waals surface area contributed by atoms with E-state index < -0.39 is 18.0 Å². The number of nitrogens with zero attached hydrogens (tertiary/aromatic N) is 1. The fraction of sp³-hybridized carbons (Fsp3) is 0.435. The number of alkyl halides is 2. The van der Waals surface area contributed by atoms with Crippen LogP contribution in [0.4, 0.5) is 8.78 Å². The van der Waals surface area contributed by atoms with Crippen LogP contribution in [-0.2, 0) is 4.74 Å². The zero-order valence-corrected chi connectivity index (χ0v) is 17.1. The largest absolute Gasteiger partial charge is 0.478 e. The molecule has 0 amide bonds. The second kappa shape index (κ2) is 9.20. The summed E-state index contributed by atoms with van der Waals surface area (Å²) in [4.78, 5) is 12.8. The lowest BCUT2D eigenvalue weighted by molar-refractivity contribution is -0.0225. The molecule has 1 aliphatic rings. The SMILES string of the molecule is Cc1cc(-c2ccccc2C(C)OCC(O)CN2CCC(F)(F)C2)ccc1C(=O)O. The lowest BCUT2D eigenvalue weighted by Crippen LogP contribution is -2.35. The molecule has 0 bridgehead atoms. The highest BCUT2D eigenvalue weighted by Gasteiger charge is 2.38. The minimum atomic E-state index is -2.68. The quantitative estimate of drug-likeness (QED) is 0.673. The summed E-state index contributed by atoms with van der Waals surface area (Å²) in [7, 11) is 0. The summed E-state index contributed by atoms with van der Waals surface area (Å²) >= 11 is 0. The number of aromatic carboxylic acids is 1. The highest BCUT2D eigenvalue weighted by Crippen LogP contribution is 2.31. The average molecular weight is 419 g/mol. The number of carboxylic acids is 1. The van der Waals surface area contributed by atoms with Crippen molar-refractivity contribution in [1.82, 2.24) is 4.90 Å². The van der Waals surface area contributed by atoms with Gasteiger partial charge in [0.1, 0.15) is 0 Å². The molecule has 2 aromatic rings. The molecule has 1 fully saturated rings. The van der Waals surface area contributed by atoms with Crippen molar-refractivity contribution in [3.05, 3.63) is 59.2 Å². The molecule has 2 atom stereocenters. The molecule has 0 radical (unpaired) electrons. The van der Waals surface area contributed by atoms with Crippen LogP contribution in [0.2, 0.25) is 0 Å². The molecule has 0 saturated carbocycles. The molecule has 162 valence electrons. The van der Waals surface area contributed by atoms with Crippen LogP contribution in [0.5, 0.6) is 0 Å². The van der Waals surface area contributed by atoms with Crippen LogP contribution >= 0.6 is 0 Å². The zero-order chi connectivity index (χ0) is 21.9. The third-order valence-electron chi connectivity index (χ3n) is 5.42. The summed E-state index contributed by atoms with van der Waals surface area (Å²) in [6.07, 6.45) is -1.37. The van der Waals surface area contributed by atoms with E-state index in [9.17, 15) is 23.8 Å². The molecule has 5 nitrogen and oxygen atoms in total. The Bertz CT molecular complexity index is 903. The van der Waals surface area contributed by atoms with E-state index in [1.807, 2.05) is 37.3 Å². The van der Waals surface area contributed by atoms with E-state index in [2.05, 4.69) is 0 Å². The number of aryl methyl sites for hydroxylation is 1. The number of hydrogen-bond acceptors (Lipinski definition) is 4. The van der Waals surface area contributed by atoms with Crippen molar-refractivity contribution in [2.75, 3.05) is 26.2 Å². The van der Waals surface area contributed by atoms with Gasteiger partial charge in [0.25, 0.3) is 5.92 Å². The summed E-state index contributed by atoms with van der Waals surface area (Å²) in [5.41, 5.74) is 3.62. The number of ether oxygens (including phenoxy) is 1. The number of aliphatic hydroxyl groups is 1. The van der Waals surface area contributed by atoms with Gasteiger partial charge in [-0.2, -0.15) is 0 Å². The topological polar surface area (TPSA) is 70.0 Å². The average Bonchev–Trinajstić information content (AvgIpc) is 3.03. The lowest BCUT2D eigenvalue weighted by Gasteiger charge is -2.23. The fourth-order valence-corrected chi connectivity index (χ4v) is 3.84. The van der Waals surface area contributed by atoms with E-state index in [4.69, 9.17) is 4.74 Å².